The van der Waals surface area contributed by atoms with Crippen molar-refractivity contribution in [3.8, 4) is 5.75 Å². The third kappa shape index (κ3) is 3.12. The lowest BCUT2D eigenvalue weighted by Gasteiger charge is -2.37. The van der Waals surface area contributed by atoms with Crippen LogP contribution in [0.5, 0.6) is 5.75 Å². The van der Waals surface area contributed by atoms with Gasteiger partial charge in [-0.1, -0.05) is 47.5 Å². The van der Waals surface area contributed by atoms with E-state index in [4.69, 9.17) is 27.9 Å². The van der Waals surface area contributed by atoms with Crippen molar-refractivity contribution in [1.29, 1.82) is 0 Å². The number of amides is 3. The van der Waals surface area contributed by atoms with Gasteiger partial charge in [0.15, 0.2) is 0 Å². The monoisotopic (exact) mass is 496 g/mol. The van der Waals surface area contributed by atoms with Gasteiger partial charge in [-0.2, -0.15) is 0 Å². The Bertz CT molecular complexity index is 1230. The lowest BCUT2D eigenvalue weighted by Crippen LogP contribution is -2.45. The highest BCUT2D eigenvalue weighted by molar-refractivity contribution is 6.42. The highest BCUT2D eigenvalue weighted by Crippen LogP contribution is 2.65. The van der Waals surface area contributed by atoms with Crippen molar-refractivity contribution in [2.45, 2.75) is 6.42 Å². The van der Waals surface area contributed by atoms with Crippen LogP contribution >= 0.6 is 23.2 Å². The molecule has 0 aromatic heterocycles. The van der Waals surface area contributed by atoms with Crippen molar-refractivity contribution in [3.05, 3.63) is 70.2 Å². The fourth-order valence-electron chi connectivity index (χ4n) is 6.19. The molecule has 0 radical (unpaired) electrons. The zero-order valence-corrected chi connectivity index (χ0v) is 19.9. The lowest BCUT2D eigenvalue weighted by molar-refractivity contribution is -0.140. The van der Waals surface area contributed by atoms with Gasteiger partial charge in [0.1, 0.15) is 12.4 Å². The fourth-order valence-corrected chi connectivity index (χ4v) is 6.49. The standard InChI is InChI=1S/C26H22Cl2N2O4/c1-34-21-5-3-2-4-20(21)29(24(31)13-6-9-18(27)19(28)10-13)12-30-25(32)22-14-7-8-15(17-11-16(14)17)23(22)26(30)33/h2-10,14-17,22-23H,11-12H2,1H3/t14-,15-,16-,17+,22+,23-/m1/s1. The minimum absolute atomic E-state index is 0.118. The van der Waals surface area contributed by atoms with E-state index in [0.29, 0.717) is 33.9 Å². The van der Waals surface area contributed by atoms with Gasteiger partial charge in [0.2, 0.25) is 11.8 Å². The SMILES string of the molecule is COc1ccccc1N(CN1C(=O)[C@@H]2[C@@H]3C=C[C@H]([C@H]4C[C@@H]34)[C@@H]2C1=O)C(=O)c1ccc(Cl)c(Cl)c1. The van der Waals surface area contributed by atoms with Gasteiger partial charge in [-0.15, -0.1) is 0 Å². The molecule has 2 saturated carbocycles. The van der Waals surface area contributed by atoms with Crippen LogP contribution in [0.2, 0.25) is 10.0 Å². The Hall–Kier alpha value is -2.83. The molecule has 1 heterocycles. The van der Waals surface area contributed by atoms with Crippen LogP contribution in [-0.2, 0) is 9.59 Å². The zero-order valence-electron chi connectivity index (χ0n) is 18.4. The van der Waals surface area contributed by atoms with E-state index in [1.165, 1.54) is 23.0 Å². The number of likely N-dealkylation sites (tertiary alicyclic amines) is 1. The van der Waals surface area contributed by atoms with Crippen molar-refractivity contribution in [3.63, 3.8) is 0 Å². The number of anilines is 1. The molecule has 34 heavy (non-hydrogen) atoms. The predicted molar refractivity (Wildman–Crippen MR) is 128 cm³/mol. The van der Waals surface area contributed by atoms with Crippen molar-refractivity contribution >= 4 is 46.6 Å². The largest absolute Gasteiger partial charge is 0.495 e. The van der Waals surface area contributed by atoms with Gasteiger partial charge in [-0.05, 0) is 60.4 Å². The number of para-hydroxylation sites is 2. The molecular formula is C26H22Cl2N2O4. The topological polar surface area (TPSA) is 66.9 Å². The van der Waals surface area contributed by atoms with Crippen LogP contribution in [0.1, 0.15) is 16.8 Å². The maximum atomic E-state index is 13.7. The second-order valence-corrected chi connectivity index (χ2v) is 10.2. The average Bonchev–Trinajstić information content (AvgIpc) is 3.64. The van der Waals surface area contributed by atoms with E-state index >= 15 is 0 Å². The predicted octanol–water partition coefficient (Wildman–Crippen LogP) is 4.66. The van der Waals surface area contributed by atoms with Crippen LogP contribution in [0, 0.1) is 35.5 Å². The summed E-state index contributed by atoms with van der Waals surface area (Å²) in [6.45, 7) is -0.196. The number of ether oxygens (including phenoxy) is 1. The summed E-state index contributed by atoms with van der Waals surface area (Å²) in [6.07, 6.45) is 5.36. The first-order valence-corrected chi connectivity index (χ1v) is 12.1. The Morgan fingerprint density at radius 3 is 2.26 bits per heavy atom. The maximum absolute atomic E-state index is 13.7. The van der Waals surface area contributed by atoms with Gasteiger partial charge in [0, 0.05) is 5.56 Å². The van der Waals surface area contributed by atoms with E-state index in [-0.39, 0.29) is 47.2 Å². The number of methoxy groups -OCH3 is 1. The Kier molecular flexibility index (Phi) is 5.01. The molecule has 7 rings (SSSR count). The molecule has 3 fully saturated rings. The molecule has 2 bridgehead atoms. The molecule has 174 valence electrons. The number of benzene rings is 2. The molecule has 3 amide bonds. The van der Waals surface area contributed by atoms with E-state index in [9.17, 15) is 14.4 Å². The van der Waals surface area contributed by atoms with E-state index in [2.05, 4.69) is 12.2 Å². The highest BCUT2D eigenvalue weighted by Gasteiger charge is 2.67. The van der Waals surface area contributed by atoms with Crippen molar-refractivity contribution in [2.24, 2.45) is 35.5 Å². The molecule has 0 unspecified atom stereocenters. The van der Waals surface area contributed by atoms with Crippen LogP contribution in [0.4, 0.5) is 5.69 Å². The summed E-state index contributed by atoms with van der Waals surface area (Å²) in [5.41, 5.74) is 0.750. The molecule has 1 aliphatic heterocycles. The molecule has 0 spiro atoms. The minimum atomic E-state index is -0.414. The zero-order chi connectivity index (χ0) is 23.7. The third-order valence-electron chi connectivity index (χ3n) is 7.82. The Morgan fingerprint density at radius 2 is 1.65 bits per heavy atom. The molecule has 5 aliphatic rings. The van der Waals surface area contributed by atoms with Gasteiger partial charge >= 0.3 is 0 Å². The number of carbonyl (C=O) groups is 3. The number of halogens is 2. The summed E-state index contributed by atoms with van der Waals surface area (Å²) >= 11 is 12.2. The number of nitrogens with zero attached hydrogens (tertiary/aromatic N) is 2. The summed E-state index contributed by atoms with van der Waals surface area (Å²) in [5.74, 6) is 0.253. The molecule has 8 heteroatoms. The summed E-state index contributed by atoms with van der Waals surface area (Å²) in [6, 6.07) is 11.6. The number of rotatable bonds is 5. The smallest absolute Gasteiger partial charge is 0.259 e. The molecule has 6 atom stereocenters. The second kappa shape index (κ2) is 7.85. The number of imide groups is 1. The average molecular weight is 497 g/mol. The first-order valence-electron chi connectivity index (χ1n) is 11.3. The molecular weight excluding hydrogens is 475 g/mol. The number of hydrogen-bond donors (Lipinski definition) is 0. The lowest BCUT2D eigenvalue weighted by atomic mass is 9.63. The maximum Gasteiger partial charge on any atom is 0.259 e. The van der Waals surface area contributed by atoms with E-state index < -0.39 is 5.91 Å². The summed E-state index contributed by atoms with van der Waals surface area (Å²) < 4.78 is 5.49. The van der Waals surface area contributed by atoms with Gasteiger partial charge in [-0.25, -0.2) is 0 Å². The Balaban J connectivity index is 1.37. The Labute approximate surface area is 207 Å². The summed E-state index contributed by atoms with van der Waals surface area (Å²) in [7, 11) is 1.51. The molecule has 1 saturated heterocycles. The molecule has 2 aromatic rings. The first-order chi connectivity index (χ1) is 16.4. The Morgan fingerprint density at radius 1 is 1.00 bits per heavy atom. The minimum Gasteiger partial charge on any atom is -0.495 e. The normalized spacial score (nSPS) is 30.3. The summed E-state index contributed by atoms with van der Waals surface area (Å²) in [5, 5.41) is 0.575. The second-order valence-electron chi connectivity index (χ2n) is 9.43. The number of carbonyl (C=O) groups excluding carboxylic acids is 3. The molecule has 0 N–H and O–H groups in total. The van der Waals surface area contributed by atoms with Crippen LogP contribution in [0.3, 0.4) is 0 Å². The fraction of sp³-hybridized carbons (Fsp3) is 0.346. The van der Waals surface area contributed by atoms with Gasteiger partial charge in [0.05, 0.1) is 34.7 Å². The number of hydrogen-bond acceptors (Lipinski definition) is 4. The molecule has 4 aliphatic carbocycles. The molecule has 6 nitrogen and oxygen atoms in total. The highest BCUT2D eigenvalue weighted by atomic mass is 35.5. The van der Waals surface area contributed by atoms with Gasteiger partial charge < -0.3 is 4.74 Å². The van der Waals surface area contributed by atoms with Crippen LogP contribution in [0.15, 0.2) is 54.6 Å². The van der Waals surface area contributed by atoms with Crippen molar-refractivity contribution < 1.29 is 19.1 Å². The van der Waals surface area contributed by atoms with Crippen LogP contribution in [-0.4, -0.2) is 36.4 Å². The van der Waals surface area contributed by atoms with Gasteiger partial charge in [-0.3, -0.25) is 24.2 Å². The van der Waals surface area contributed by atoms with Crippen molar-refractivity contribution in [1.82, 2.24) is 4.90 Å². The summed E-state index contributed by atoms with van der Waals surface area (Å²) in [4.78, 5) is 43.5. The third-order valence-corrected chi connectivity index (χ3v) is 8.56. The van der Waals surface area contributed by atoms with Gasteiger partial charge in [0.25, 0.3) is 5.91 Å². The first kappa shape index (κ1) is 21.7. The van der Waals surface area contributed by atoms with Crippen LogP contribution in [0.25, 0.3) is 0 Å². The van der Waals surface area contributed by atoms with Crippen LogP contribution < -0.4 is 9.64 Å². The number of allylic oxidation sites excluding steroid dienone is 2. The molecule has 2 aromatic carbocycles. The van der Waals surface area contributed by atoms with E-state index in [0.717, 1.165) is 6.42 Å². The van der Waals surface area contributed by atoms with E-state index in [1.807, 2.05) is 0 Å². The van der Waals surface area contributed by atoms with E-state index in [1.54, 1.807) is 36.4 Å². The van der Waals surface area contributed by atoms with Crippen molar-refractivity contribution in [2.75, 3.05) is 18.7 Å². The quantitative estimate of drug-likeness (QED) is 0.445.